The molecule has 3 rings (SSSR count). The molecule has 1 unspecified atom stereocenters. The van der Waals surface area contributed by atoms with Crippen LogP contribution >= 0.6 is 11.3 Å². The Balaban J connectivity index is 1.89. The summed E-state index contributed by atoms with van der Waals surface area (Å²) in [4.78, 5) is 7.20. The Bertz CT molecular complexity index is 644. The van der Waals surface area contributed by atoms with Crippen LogP contribution in [0, 0.1) is 0 Å². The van der Waals surface area contributed by atoms with Crippen LogP contribution in [0.4, 0.5) is 5.13 Å². The highest BCUT2D eigenvalue weighted by Gasteiger charge is 2.25. The molecule has 0 radical (unpaired) electrons. The highest BCUT2D eigenvalue weighted by atomic mass is 32.1. The number of nitrogens with zero attached hydrogens (tertiary/aromatic N) is 2. The number of fused-ring (bicyclic) bond motifs is 1. The number of hydrogen-bond donors (Lipinski definition) is 1. The van der Waals surface area contributed by atoms with E-state index in [2.05, 4.69) is 47.3 Å². The minimum Gasteiger partial charge on any atom is -0.375 e. The van der Waals surface area contributed by atoms with Crippen molar-refractivity contribution in [3.05, 3.63) is 34.7 Å². The summed E-state index contributed by atoms with van der Waals surface area (Å²) >= 11 is 1.53. The van der Waals surface area contributed by atoms with E-state index in [1.807, 2.05) is 0 Å². The van der Waals surface area contributed by atoms with Crippen LogP contribution in [0.15, 0.2) is 23.6 Å². The van der Waals surface area contributed by atoms with Gasteiger partial charge in [0.1, 0.15) is 0 Å². The van der Waals surface area contributed by atoms with Gasteiger partial charge < -0.3 is 10.6 Å². The smallest absolute Gasteiger partial charge is 0.180 e. The molecule has 1 aromatic carbocycles. The van der Waals surface area contributed by atoms with Gasteiger partial charge in [0.15, 0.2) is 5.13 Å². The van der Waals surface area contributed by atoms with Crippen LogP contribution in [-0.2, 0) is 12.8 Å². The Morgan fingerprint density at radius 2 is 2.04 bits per heavy atom. The molecule has 2 aromatic rings. The number of hydrogen-bond acceptors (Lipinski definition) is 4. The molecule has 1 heterocycles. The van der Waals surface area contributed by atoms with Gasteiger partial charge in [-0.25, -0.2) is 4.98 Å². The maximum absolute atomic E-state index is 5.85. The zero-order valence-electron chi connectivity index (χ0n) is 14.2. The second kappa shape index (κ2) is 7.45. The first-order chi connectivity index (χ1) is 11.2. The van der Waals surface area contributed by atoms with Crippen LogP contribution < -0.4 is 5.73 Å². The van der Waals surface area contributed by atoms with Crippen molar-refractivity contribution in [1.29, 1.82) is 0 Å². The van der Waals surface area contributed by atoms with E-state index < -0.39 is 0 Å². The Hall–Kier alpha value is -1.39. The number of nitrogen functional groups attached to an aromatic ring is 1. The van der Waals surface area contributed by atoms with Crippen molar-refractivity contribution in [2.24, 2.45) is 0 Å². The van der Waals surface area contributed by atoms with Crippen molar-refractivity contribution in [2.75, 3.05) is 18.8 Å². The van der Waals surface area contributed by atoms with Crippen molar-refractivity contribution in [3.8, 4) is 11.3 Å². The highest BCUT2D eigenvalue weighted by Crippen LogP contribution is 2.34. The average Bonchev–Trinajstić information content (AvgIpc) is 3.00. The van der Waals surface area contributed by atoms with Gasteiger partial charge in [-0.05, 0) is 56.3 Å². The summed E-state index contributed by atoms with van der Waals surface area (Å²) in [7, 11) is 0. The Labute approximate surface area is 143 Å². The van der Waals surface area contributed by atoms with Gasteiger partial charge in [-0.1, -0.05) is 32.0 Å². The third kappa shape index (κ3) is 3.59. The molecule has 3 nitrogen and oxygen atoms in total. The molecular formula is C19H27N3S. The summed E-state index contributed by atoms with van der Waals surface area (Å²) in [5, 5.41) is 2.74. The number of anilines is 1. The third-order valence-corrected chi connectivity index (χ3v) is 5.47. The van der Waals surface area contributed by atoms with E-state index in [9.17, 15) is 0 Å². The molecule has 1 atom stereocenters. The molecule has 124 valence electrons. The van der Waals surface area contributed by atoms with Crippen molar-refractivity contribution < 1.29 is 0 Å². The summed E-state index contributed by atoms with van der Waals surface area (Å²) in [6, 6.07) is 7.33. The van der Waals surface area contributed by atoms with Crippen LogP contribution in [0.1, 0.15) is 44.2 Å². The van der Waals surface area contributed by atoms with E-state index in [4.69, 9.17) is 5.73 Å². The second-order valence-corrected chi connectivity index (χ2v) is 7.34. The predicted molar refractivity (Wildman–Crippen MR) is 99.9 cm³/mol. The van der Waals surface area contributed by atoms with Gasteiger partial charge in [0.05, 0.1) is 5.69 Å². The van der Waals surface area contributed by atoms with Gasteiger partial charge in [0, 0.05) is 17.0 Å². The molecule has 0 spiro atoms. The van der Waals surface area contributed by atoms with Crippen molar-refractivity contribution in [3.63, 3.8) is 0 Å². The number of thiazole rings is 1. The zero-order valence-corrected chi connectivity index (χ0v) is 15.0. The zero-order chi connectivity index (χ0) is 16.2. The topological polar surface area (TPSA) is 42.1 Å². The summed E-state index contributed by atoms with van der Waals surface area (Å²) in [5.74, 6) is 0. The average molecular weight is 330 g/mol. The van der Waals surface area contributed by atoms with E-state index in [-0.39, 0.29) is 0 Å². The quantitative estimate of drug-likeness (QED) is 0.855. The first-order valence-corrected chi connectivity index (χ1v) is 9.67. The molecule has 0 amide bonds. The molecule has 0 aliphatic heterocycles. The normalized spacial score (nSPS) is 17.4. The fourth-order valence-corrected chi connectivity index (χ4v) is 4.35. The lowest BCUT2D eigenvalue weighted by atomic mass is 9.84. The molecule has 0 bridgehead atoms. The van der Waals surface area contributed by atoms with Crippen molar-refractivity contribution >= 4 is 16.5 Å². The minimum atomic E-state index is 0.656. The molecule has 0 saturated carbocycles. The van der Waals surface area contributed by atoms with Gasteiger partial charge in [-0.2, -0.15) is 0 Å². The number of aryl methyl sites for hydroxylation is 1. The number of rotatable bonds is 6. The SMILES string of the molecule is CCCN(CCC)C1CCc2cccc(-c3csc(N)n3)c2C1. The highest BCUT2D eigenvalue weighted by molar-refractivity contribution is 7.13. The van der Waals surface area contributed by atoms with Crippen LogP contribution in [0.3, 0.4) is 0 Å². The lowest BCUT2D eigenvalue weighted by molar-refractivity contribution is 0.180. The summed E-state index contributed by atoms with van der Waals surface area (Å²) in [5.41, 5.74) is 11.2. The van der Waals surface area contributed by atoms with E-state index in [0.717, 1.165) is 12.1 Å². The lowest BCUT2D eigenvalue weighted by Gasteiger charge is -2.35. The monoisotopic (exact) mass is 329 g/mol. The van der Waals surface area contributed by atoms with E-state index >= 15 is 0 Å². The van der Waals surface area contributed by atoms with Gasteiger partial charge in [-0.3, -0.25) is 0 Å². The molecule has 1 aliphatic carbocycles. The largest absolute Gasteiger partial charge is 0.375 e. The fraction of sp³-hybridized carbons (Fsp3) is 0.526. The number of nitrogens with two attached hydrogens (primary N) is 1. The Kier molecular flexibility index (Phi) is 5.34. The molecular weight excluding hydrogens is 302 g/mol. The summed E-state index contributed by atoms with van der Waals surface area (Å²) in [6.07, 6.45) is 6.05. The lowest BCUT2D eigenvalue weighted by Crippen LogP contribution is -2.40. The maximum Gasteiger partial charge on any atom is 0.180 e. The predicted octanol–water partition coefficient (Wildman–Crippen LogP) is 4.37. The molecule has 2 N–H and O–H groups in total. The molecule has 1 aliphatic rings. The van der Waals surface area contributed by atoms with Crippen LogP contribution in [0.25, 0.3) is 11.3 Å². The standard InChI is InChI=1S/C19H27N3S/c1-3-10-22(11-4-2)15-9-8-14-6-5-7-16(17(14)12-15)18-13-23-19(20)21-18/h5-7,13,15H,3-4,8-12H2,1-2H3,(H2,20,21). The summed E-state index contributed by atoms with van der Waals surface area (Å²) < 4.78 is 0. The van der Waals surface area contributed by atoms with Gasteiger partial charge >= 0.3 is 0 Å². The Morgan fingerprint density at radius 1 is 1.26 bits per heavy atom. The molecule has 0 fully saturated rings. The first-order valence-electron chi connectivity index (χ1n) is 8.79. The molecule has 1 aromatic heterocycles. The van der Waals surface area contributed by atoms with E-state index in [1.54, 1.807) is 0 Å². The maximum atomic E-state index is 5.85. The third-order valence-electron chi connectivity index (χ3n) is 4.80. The van der Waals surface area contributed by atoms with E-state index in [1.165, 1.54) is 66.8 Å². The number of benzene rings is 1. The van der Waals surface area contributed by atoms with Crippen molar-refractivity contribution in [1.82, 2.24) is 9.88 Å². The number of aromatic nitrogens is 1. The van der Waals surface area contributed by atoms with Crippen LogP contribution in [0.2, 0.25) is 0 Å². The molecule has 4 heteroatoms. The molecule has 0 saturated heterocycles. The fourth-order valence-electron chi connectivity index (χ4n) is 3.78. The Morgan fingerprint density at radius 3 is 2.70 bits per heavy atom. The first kappa shape index (κ1) is 16.5. The minimum absolute atomic E-state index is 0.656. The van der Waals surface area contributed by atoms with E-state index in [0.29, 0.717) is 11.2 Å². The van der Waals surface area contributed by atoms with Gasteiger partial charge in [0.2, 0.25) is 0 Å². The van der Waals surface area contributed by atoms with Crippen LogP contribution in [-0.4, -0.2) is 29.0 Å². The van der Waals surface area contributed by atoms with Gasteiger partial charge in [0.25, 0.3) is 0 Å². The van der Waals surface area contributed by atoms with Gasteiger partial charge in [-0.15, -0.1) is 11.3 Å². The van der Waals surface area contributed by atoms with Crippen molar-refractivity contribution in [2.45, 2.75) is 52.0 Å². The molecule has 23 heavy (non-hydrogen) atoms. The summed E-state index contributed by atoms with van der Waals surface area (Å²) in [6.45, 7) is 6.98. The van der Waals surface area contributed by atoms with Crippen LogP contribution in [0.5, 0.6) is 0 Å². The second-order valence-electron chi connectivity index (χ2n) is 6.45.